The third kappa shape index (κ3) is 5.45. The third-order valence-corrected chi connectivity index (χ3v) is 1.93. The second-order valence-corrected chi connectivity index (χ2v) is 3.69. The van der Waals surface area contributed by atoms with Crippen molar-refractivity contribution in [1.29, 1.82) is 0 Å². The highest BCUT2D eigenvalue weighted by molar-refractivity contribution is 7.83. The van der Waals surface area contributed by atoms with Crippen LogP contribution in [0.2, 0.25) is 0 Å². The Morgan fingerprint density at radius 1 is 1.23 bits per heavy atom. The minimum absolute atomic E-state index is 0.164. The van der Waals surface area contributed by atoms with Gasteiger partial charge in [-0.05, 0) is 0 Å². The van der Waals surface area contributed by atoms with E-state index < -0.39 is 35.0 Å². The molecule has 0 saturated carbocycles. The van der Waals surface area contributed by atoms with Gasteiger partial charge in [0.05, 0.1) is 13.1 Å². The normalized spacial score (nSPS) is 11.7. The second-order valence-electron chi connectivity index (χ2n) is 2.28. The Kier molecular flexibility index (Phi) is 4.18. The summed E-state index contributed by atoms with van der Waals surface area (Å²) in [6, 6.07) is 0. The molecule has 0 radical (unpaired) electrons. The summed E-state index contributed by atoms with van der Waals surface area (Å²) in [7, 11) is -4.62. The fourth-order valence-electron chi connectivity index (χ4n) is 0.602. The molecule has 4 nitrogen and oxygen atoms in total. The fourth-order valence-corrected chi connectivity index (χ4v) is 1.21. The molecule has 0 heterocycles. The summed E-state index contributed by atoms with van der Waals surface area (Å²) < 4.78 is 53.9. The predicted octanol–water partition coefficient (Wildman–Crippen LogP) is 1.06. The van der Waals surface area contributed by atoms with Crippen molar-refractivity contribution in [3.63, 3.8) is 0 Å². The quantitative estimate of drug-likeness (QED) is 0.694. The molecule has 0 unspecified atom stereocenters. The van der Waals surface area contributed by atoms with E-state index in [0.717, 1.165) is 0 Å². The smallest absolute Gasteiger partial charge is 0.273 e. The van der Waals surface area contributed by atoms with Crippen LogP contribution in [-0.2, 0) is 10.3 Å². The van der Waals surface area contributed by atoms with E-state index in [1.165, 1.54) is 0 Å². The van der Waals surface area contributed by atoms with Gasteiger partial charge in [0.1, 0.15) is 11.7 Å². The average Bonchev–Trinajstić information content (AvgIpc) is 1.81. The molecular formula is C6H9F2NO3S. The molecule has 0 aromatic carbocycles. The Morgan fingerprint density at radius 3 is 1.69 bits per heavy atom. The zero-order chi connectivity index (χ0) is 10.6. The summed E-state index contributed by atoms with van der Waals surface area (Å²) in [4.78, 5) is 0. The number of hydrogen-bond donors (Lipinski definition) is 1. The molecule has 0 aliphatic rings. The average molecular weight is 213 g/mol. The van der Waals surface area contributed by atoms with E-state index in [4.69, 9.17) is 4.55 Å². The van der Waals surface area contributed by atoms with Crippen molar-refractivity contribution in [2.45, 2.75) is 0 Å². The van der Waals surface area contributed by atoms with Crippen LogP contribution in [0.3, 0.4) is 0 Å². The maximum Gasteiger partial charge on any atom is 0.336 e. The van der Waals surface area contributed by atoms with Gasteiger partial charge in [-0.1, -0.05) is 13.2 Å². The van der Waals surface area contributed by atoms with Gasteiger partial charge in [-0.15, -0.1) is 0 Å². The predicted molar refractivity (Wildman–Crippen MR) is 43.6 cm³/mol. The van der Waals surface area contributed by atoms with Crippen molar-refractivity contribution in [3.8, 4) is 0 Å². The molecule has 0 aromatic heterocycles. The van der Waals surface area contributed by atoms with Crippen molar-refractivity contribution in [2.24, 2.45) is 0 Å². The fraction of sp³-hybridized carbons (Fsp3) is 0.333. The molecule has 76 valence electrons. The van der Waals surface area contributed by atoms with Crippen LogP contribution in [0.5, 0.6) is 0 Å². The lowest BCUT2D eigenvalue weighted by Crippen LogP contribution is -2.32. The van der Waals surface area contributed by atoms with Gasteiger partial charge in [-0.2, -0.15) is 12.7 Å². The molecule has 13 heavy (non-hydrogen) atoms. The first-order valence-corrected chi connectivity index (χ1v) is 4.52. The largest absolute Gasteiger partial charge is 0.336 e. The SMILES string of the molecule is C=C(F)CN(CC(=C)F)S(=O)(=O)O. The van der Waals surface area contributed by atoms with Crippen molar-refractivity contribution in [1.82, 2.24) is 4.31 Å². The van der Waals surface area contributed by atoms with Crippen LogP contribution in [0, 0.1) is 0 Å². The summed E-state index contributed by atoms with van der Waals surface area (Å²) in [5.74, 6) is -2.00. The molecule has 1 N–H and O–H groups in total. The van der Waals surface area contributed by atoms with E-state index >= 15 is 0 Å². The van der Waals surface area contributed by atoms with Crippen molar-refractivity contribution < 1.29 is 21.8 Å². The minimum atomic E-state index is -4.62. The van der Waals surface area contributed by atoms with E-state index in [1.54, 1.807) is 0 Å². The van der Waals surface area contributed by atoms with Crippen LogP contribution in [0.1, 0.15) is 0 Å². The highest BCUT2D eigenvalue weighted by Gasteiger charge is 2.20. The Morgan fingerprint density at radius 2 is 1.54 bits per heavy atom. The lowest BCUT2D eigenvalue weighted by Gasteiger charge is -2.15. The molecule has 7 heteroatoms. The van der Waals surface area contributed by atoms with Crippen LogP contribution >= 0.6 is 0 Å². The first kappa shape index (κ1) is 12.2. The van der Waals surface area contributed by atoms with Crippen LogP contribution in [0.25, 0.3) is 0 Å². The number of rotatable bonds is 5. The molecule has 0 spiro atoms. The second kappa shape index (κ2) is 4.45. The summed E-state index contributed by atoms with van der Waals surface area (Å²) in [6.07, 6.45) is 0. The molecule has 0 aromatic rings. The molecule has 0 saturated heterocycles. The Labute approximate surface area is 75.0 Å². The Balaban J connectivity index is 4.57. The first-order chi connectivity index (χ1) is 5.73. The van der Waals surface area contributed by atoms with Gasteiger partial charge >= 0.3 is 10.3 Å². The zero-order valence-electron chi connectivity index (χ0n) is 6.70. The molecule has 0 rings (SSSR count). The maximum absolute atomic E-state index is 12.2. The lowest BCUT2D eigenvalue weighted by atomic mass is 10.5. The van der Waals surface area contributed by atoms with E-state index in [9.17, 15) is 17.2 Å². The van der Waals surface area contributed by atoms with E-state index in [1.807, 2.05) is 0 Å². The van der Waals surface area contributed by atoms with E-state index in [2.05, 4.69) is 13.2 Å². The van der Waals surface area contributed by atoms with Gasteiger partial charge < -0.3 is 0 Å². The maximum atomic E-state index is 12.2. The van der Waals surface area contributed by atoms with Gasteiger partial charge in [0.15, 0.2) is 0 Å². The topological polar surface area (TPSA) is 57.6 Å². The monoisotopic (exact) mass is 213 g/mol. The van der Waals surface area contributed by atoms with Gasteiger partial charge in [0.2, 0.25) is 0 Å². The number of hydrogen-bond acceptors (Lipinski definition) is 2. The molecule has 0 fully saturated rings. The number of nitrogens with zero attached hydrogens (tertiary/aromatic N) is 1. The molecule has 0 amide bonds. The first-order valence-electron chi connectivity index (χ1n) is 3.12. The highest BCUT2D eigenvalue weighted by atomic mass is 32.2. The minimum Gasteiger partial charge on any atom is -0.273 e. The zero-order valence-corrected chi connectivity index (χ0v) is 7.52. The van der Waals surface area contributed by atoms with Gasteiger partial charge in [-0.25, -0.2) is 8.78 Å². The standard InChI is InChI=1S/C6H9F2NO3S/c1-5(7)3-9(4-6(2)8)13(10,11)12/h1-4H2,(H,10,11,12). The van der Waals surface area contributed by atoms with Crippen molar-refractivity contribution in [3.05, 3.63) is 24.8 Å². The molecule has 0 bridgehead atoms. The highest BCUT2D eigenvalue weighted by Crippen LogP contribution is 2.06. The van der Waals surface area contributed by atoms with Crippen molar-refractivity contribution in [2.75, 3.05) is 13.1 Å². The van der Waals surface area contributed by atoms with Crippen LogP contribution in [-0.4, -0.2) is 30.4 Å². The van der Waals surface area contributed by atoms with Gasteiger partial charge in [0.25, 0.3) is 0 Å². The summed E-state index contributed by atoms with van der Waals surface area (Å²) in [5.41, 5.74) is 0. The lowest BCUT2D eigenvalue weighted by molar-refractivity contribution is 0.349. The van der Waals surface area contributed by atoms with E-state index in [0.29, 0.717) is 0 Å². The molecule has 0 aliphatic carbocycles. The van der Waals surface area contributed by atoms with Crippen LogP contribution in [0.4, 0.5) is 8.78 Å². The van der Waals surface area contributed by atoms with Crippen molar-refractivity contribution >= 4 is 10.3 Å². The Bertz CT molecular complexity index is 296. The number of halogens is 2. The Hall–Kier alpha value is -0.790. The van der Waals surface area contributed by atoms with Gasteiger partial charge in [-0.3, -0.25) is 4.55 Å². The summed E-state index contributed by atoms with van der Waals surface area (Å²) >= 11 is 0. The summed E-state index contributed by atoms with van der Waals surface area (Å²) in [5, 5.41) is 0. The van der Waals surface area contributed by atoms with Gasteiger partial charge in [0, 0.05) is 0 Å². The summed E-state index contributed by atoms with van der Waals surface area (Å²) in [6.45, 7) is 3.98. The molecule has 0 atom stereocenters. The van der Waals surface area contributed by atoms with Crippen LogP contribution in [0.15, 0.2) is 24.8 Å². The van der Waals surface area contributed by atoms with Crippen LogP contribution < -0.4 is 0 Å². The third-order valence-electron chi connectivity index (χ3n) is 1.02. The molecular weight excluding hydrogens is 204 g/mol. The van der Waals surface area contributed by atoms with E-state index in [-0.39, 0.29) is 4.31 Å². The molecule has 0 aliphatic heterocycles.